The fourth-order valence-corrected chi connectivity index (χ4v) is 3.82. The number of ether oxygens (including phenoxy) is 1. The van der Waals surface area contributed by atoms with Crippen molar-refractivity contribution >= 4 is 21.9 Å². The molecule has 3 aromatic rings. The van der Waals surface area contributed by atoms with Gasteiger partial charge in [0.2, 0.25) is 0 Å². The molecule has 2 aromatic carbocycles. The maximum atomic E-state index is 12.4. The predicted molar refractivity (Wildman–Crippen MR) is 107 cm³/mol. The summed E-state index contributed by atoms with van der Waals surface area (Å²) < 4.78 is 6.14. The number of halogens is 1. The van der Waals surface area contributed by atoms with E-state index in [4.69, 9.17) is 4.74 Å². The van der Waals surface area contributed by atoms with Crippen LogP contribution in [-0.2, 0) is 11.2 Å². The first-order chi connectivity index (χ1) is 12.6. The van der Waals surface area contributed by atoms with Crippen LogP contribution in [0.4, 0.5) is 0 Å². The van der Waals surface area contributed by atoms with Crippen LogP contribution >= 0.6 is 15.9 Å². The first kappa shape index (κ1) is 18.3. The molecule has 0 unspecified atom stereocenters. The lowest BCUT2D eigenvalue weighted by Crippen LogP contribution is -2.08. The molecule has 0 bridgehead atoms. The summed E-state index contributed by atoms with van der Waals surface area (Å²) >= 11 is 3.68. The average Bonchev–Trinajstić information content (AvgIpc) is 2.62. The first-order valence-electron chi connectivity index (χ1n) is 8.55. The third-order valence-corrected chi connectivity index (χ3v) is 4.72. The maximum Gasteiger partial charge on any atom is 0.340 e. The van der Waals surface area contributed by atoms with Crippen molar-refractivity contribution in [3.05, 3.63) is 87.5 Å². The van der Waals surface area contributed by atoms with Crippen molar-refractivity contribution in [3.8, 4) is 11.3 Å². The van der Waals surface area contributed by atoms with Gasteiger partial charge in [-0.3, -0.25) is 4.98 Å². The summed E-state index contributed by atoms with van der Waals surface area (Å²) in [4.78, 5) is 16.9. The Morgan fingerprint density at radius 2 is 1.88 bits per heavy atom. The summed E-state index contributed by atoms with van der Waals surface area (Å²) in [5.74, 6) is -0.353. The number of hydrogen-bond donors (Lipinski definition) is 0. The number of hydrogen-bond acceptors (Lipinski definition) is 3. The minimum atomic E-state index is -0.353. The van der Waals surface area contributed by atoms with Crippen molar-refractivity contribution in [2.24, 2.45) is 0 Å². The SMILES string of the molecule is CCOC(=O)c1cccnc1-c1c(Br)cc(C)cc1Cc1ccccc1. The van der Waals surface area contributed by atoms with Crippen LogP contribution < -0.4 is 0 Å². The van der Waals surface area contributed by atoms with E-state index in [9.17, 15) is 4.79 Å². The molecule has 132 valence electrons. The van der Waals surface area contributed by atoms with E-state index in [1.807, 2.05) is 24.3 Å². The molecule has 0 N–H and O–H groups in total. The fraction of sp³-hybridized carbons (Fsp3) is 0.182. The highest BCUT2D eigenvalue weighted by molar-refractivity contribution is 9.10. The second-order valence-corrected chi connectivity index (χ2v) is 6.92. The lowest BCUT2D eigenvalue weighted by molar-refractivity contribution is 0.0527. The highest BCUT2D eigenvalue weighted by Crippen LogP contribution is 2.35. The highest BCUT2D eigenvalue weighted by atomic mass is 79.9. The molecule has 0 saturated carbocycles. The Hall–Kier alpha value is -2.46. The quantitative estimate of drug-likeness (QED) is 0.515. The molecule has 0 amide bonds. The van der Waals surface area contributed by atoms with Crippen molar-refractivity contribution in [1.29, 1.82) is 0 Å². The molecule has 0 aliphatic rings. The van der Waals surface area contributed by atoms with Gasteiger partial charge in [-0.15, -0.1) is 0 Å². The van der Waals surface area contributed by atoms with E-state index in [1.54, 1.807) is 25.3 Å². The Kier molecular flexibility index (Phi) is 5.84. The molecule has 0 aliphatic carbocycles. The number of benzene rings is 2. The Labute approximate surface area is 162 Å². The summed E-state index contributed by atoms with van der Waals surface area (Å²) in [5.41, 5.74) is 5.53. The molecule has 3 nitrogen and oxygen atoms in total. The highest BCUT2D eigenvalue weighted by Gasteiger charge is 2.20. The van der Waals surface area contributed by atoms with Crippen molar-refractivity contribution < 1.29 is 9.53 Å². The summed E-state index contributed by atoms with van der Waals surface area (Å²) in [7, 11) is 0. The lowest BCUT2D eigenvalue weighted by Gasteiger charge is -2.15. The molecule has 0 atom stereocenters. The number of rotatable bonds is 5. The number of esters is 1. The molecule has 4 heteroatoms. The van der Waals surface area contributed by atoms with Crippen molar-refractivity contribution in [2.45, 2.75) is 20.3 Å². The van der Waals surface area contributed by atoms with Crippen LogP contribution in [0, 0.1) is 6.92 Å². The molecule has 3 rings (SSSR count). The number of aromatic nitrogens is 1. The van der Waals surface area contributed by atoms with E-state index in [-0.39, 0.29) is 5.97 Å². The van der Waals surface area contributed by atoms with Crippen LogP contribution in [0.2, 0.25) is 0 Å². The summed E-state index contributed by atoms with van der Waals surface area (Å²) in [6.07, 6.45) is 2.46. The lowest BCUT2D eigenvalue weighted by atomic mass is 9.94. The van der Waals surface area contributed by atoms with Gasteiger partial charge in [-0.05, 0) is 55.2 Å². The monoisotopic (exact) mass is 409 g/mol. The van der Waals surface area contributed by atoms with Crippen LogP contribution in [0.3, 0.4) is 0 Å². The number of carbonyl (C=O) groups is 1. The van der Waals surface area contributed by atoms with Crippen LogP contribution in [-0.4, -0.2) is 17.6 Å². The minimum Gasteiger partial charge on any atom is -0.462 e. The standard InChI is InChI=1S/C22H20BrNO2/c1-3-26-22(25)18-10-7-11-24-21(18)20-17(12-15(2)13-19(20)23)14-16-8-5-4-6-9-16/h4-13H,3,14H2,1-2H3. The minimum absolute atomic E-state index is 0.332. The molecule has 0 aliphatic heterocycles. The third kappa shape index (κ3) is 4.02. The van der Waals surface area contributed by atoms with Gasteiger partial charge in [0.1, 0.15) is 0 Å². The summed E-state index contributed by atoms with van der Waals surface area (Å²) in [6, 6.07) is 18.0. The second-order valence-electron chi connectivity index (χ2n) is 6.06. The zero-order chi connectivity index (χ0) is 18.5. The van der Waals surface area contributed by atoms with E-state index in [0.29, 0.717) is 17.9 Å². The summed E-state index contributed by atoms with van der Waals surface area (Å²) in [5, 5.41) is 0. The van der Waals surface area contributed by atoms with E-state index in [0.717, 1.165) is 27.6 Å². The molecule has 1 heterocycles. The van der Waals surface area contributed by atoms with E-state index in [2.05, 4.69) is 46.0 Å². The number of nitrogens with zero attached hydrogens (tertiary/aromatic N) is 1. The largest absolute Gasteiger partial charge is 0.462 e. The fourth-order valence-electron chi connectivity index (χ4n) is 3.01. The number of aryl methyl sites for hydroxylation is 1. The average molecular weight is 410 g/mol. The van der Waals surface area contributed by atoms with Gasteiger partial charge in [-0.2, -0.15) is 0 Å². The van der Waals surface area contributed by atoms with E-state index in [1.165, 1.54) is 5.56 Å². The third-order valence-electron chi connectivity index (χ3n) is 4.09. The first-order valence-corrected chi connectivity index (χ1v) is 9.35. The van der Waals surface area contributed by atoms with Gasteiger partial charge in [0.15, 0.2) is 0 Å². The maximum absolute atomic E-state index is 12.4. The van der Waals surface area contributed by atoms with Gasteiger partial charge in [0.05, 0.1) is 17.9 Å². The molecule has 0 saturated heterocycles. The zero-order valence-electron chi connectivity index (χ0n) is 14.8. The number of pyridine rings is 1. The molecular formula is C22H20BrNO2. The zero-order valence-corrected chi connectivity index (χ0v) is 16.4. The molecular weight excluding hydrogens is 390 g/mol. The Bertz CT molecular complexity index is 923. The van der Waals surface area contributed by atoms with Gasteiger partial charge in [-0.25, -0.2) is 4.79 Å². The Morgan fingerprint density at radius 3 is 2.62 bits per heavy atom. The van der Waals surface area contributed by atoms with Crippen molar-refractivity contribution in [1.82, 2.24) is 4.98 Å². The van der Waals surface area contributed by atoms with Crippen molar-refractivity contribution in [3.63, 3.8) is 0 Å². The molecule has 0 radical (unpaired) electrons. The van der Waals surface area contributed by atoms with Crippen LogP contribution in [0.25, 0.3) is 11.3 Å². The molecule has 0 spiro atoms. The molecule has 1 aromatic heterocycles. The number of carbonyl (C=O) groups excluding carboxylic acids is 1. The van der Waals surface area contributed by atoms with Gasteiger partial charge < -0.3 is 4.74 Å². The Balaban J connectivity index is 2.15. The normalized spacial score (nSPS) is 10.6. The van der Waals surface area contributed by atoms with Crippen LogP contribution in [0.5, 0.6) is 0 Å². The Morgan fingerprint density at radius 1 is 1.12 bits per heavy atom. The van der Waals surface area contributed by atoms with Gasteiger partial charge in [0, 0.05) is 16.2 Å². The predicted octanol–water partition coefficient (Wildman–Crippen LogP) is 5.59. The molecule has 26 heavy (non-hydrogen) atoms. The molecule has 0 fully saturated rings. The van der Waals surface area contributed by atoms with Crippen LogP contribution in [0.15, 0.2) is 65.3 Å². The van der Waals surface area contributed by atoms with Crippen LogP contribution in [0.1, 0.15) is 34.0 Å². The second kappa shape index (κ2) is 8.28. The van der Waals surface area contributed by atoms with Crippen molar-refractivity contribution in [2.75, 3.05) is 6.61 Å². The van der Waals surface area contributed by atoms with Gasteiger partial charge in [-0.1, -0.05) is 52.3 Å². The topological polar surface area (TPSA) is 39.2 Å². The van der Waals surface area contributed by atoms with E-state index >= 15 is 0 Å². The smallest absolute Gasteiger partial charge is 0.340 e. The van der Waals surface area contributed by atoms with Gasteiger partial charge >= 0.3 is 5.97 Å². The van der Waals surface area contributed by atoms with Gasteiger partial charge in [0.25, 0.3) is 0 Å². The van der Waals surface area contributed by atoms with E-state index < -0.39 is 0 Å². The summed E-state index contributed by atoms with van der Waals surface area (Å²) in [6.45, 7) is 4.20.